The van der Waals surface area contributed by atoms with E-state index in [-0.39, 0.29) is 59.0 Å². The molecular weight excluding hydrogens is 1770 g/mol. The molecule has 1 unspecified atom stereocenters. The van der Waals surface area contributed by atoms with Crippen molar-refractivity contribution in [3.05, 3.63) is 129 Å². The second-order valence-electron chi connectivity index (χ2n) is 34.7. The number of hydrogen-bond donors (Lipinski definition) is 20. The Balaban J connectivity index is 0.00000293. The van der Waals surface area contributed by atoms with Crippen molar-refractivity contribution in [1.82, 2.24) is 56.2 Å². The number of hydrogen-bond acceptors (Lipinski definition) is 36. The van der Waals surface area contributed by atoms with E-state index in [2.05, 4.69) is 81.3 Å². The predicted molar refractivity (Wildman–Crippen MR) is 469 cm³/mol. The largest absolute Gasteiger partial charge is 0.496 e. The first-order chi connectivity index (χ1) is 62.7. The molecule has 1 aliphatic carbocycles. The Morgan fingerprint density at radius 1 is 0.765 bits per heavy atom. The van der Waals surface area contributed by atoms with Gasteiger partial charge in [0.1, 0.15) is 67.2 Å². The number of Topliss-reactive ketones (excluding diaryl/α,β-unsaturated/α-hetero) is 3. The molecule has 12 rings (SSSR count). The smallest absolute Gasteiger partial charge is 0.426 e. The Labute approximate surface area is 763 Å². The van der Waals surface area contributed by atoms with E-state index in [1.165, 1.54) is 23.9 Å². The molecule has 21 atom stereocenters. The number of likely N-dealkylation sites (N-methyl/N-ethyl adjacent to an activating group) is 1. The molecule has 1 spiro atoms. The van der Waals surface area contributed by atoms with E-state index in [1.54, 1.807) is 26.3 Å². The summed E-state index contributed by atoms with van der Waals surface area (Å²) in [4.78, 5) is 194. The van der Waals surface area contributed by atoms with Gasteiger partial charge < -0.3 is 102 Å². The number of hydrazine groups is 1. The summed E-state index contributed by atoms with van der Waals surface area (Å²) >= 11 is 0. The minimum absolute atomic E-state index is 0.00841. The molecule has 716 valence electrons. The van der Waals surface area contributed by atoms with Crippen molar-refractivity contribution in [1.29, 1.82) is 0 Å². The lowest BCUT2D eigenvalue weighted by molar-refractivity contribution is -0.204. The summed E-state index contributed by atoms with van der Waals surface area (Å²) in [6.07, 6.45) is -10.9. The molecule has 8 heterocycles. The average molecular weight is 1880 g/mol. The summed E-state index contributed by atoms with van der Waals surface area (Å²) in [6, 6.07) is 12.5. The molecule has 6 aromatic rings. The number of aliphatic carboxylic acids is 2. The van der Waals surface area contributed by atoms with Gasteiger partial charge in [-0.15, -0.1) is 0 Å². The molecule has 1 saturated carbocycles. The minimum atomic E-state index is -2.65. The van der Waals surface area contributed by atoms with E-state index in [4.69, 9.17) is 34.4 Å². The number of H-pyrrole nitrogens is 2. The summed E-state index contributed by atoms with van der Waals surface area (Å²) in [6.45, 7) is 7.72. The van der Waals surface area contributed by atoms with Crippen molar-refractivity contribution in [3.63, 3.8) is 0 Å². The summed E-state index contributed by atoms with van der Waals surface area (Å²) in [5.74, 6) is -14.4. The number of carboxylic acids is 2. The Hall–Kier alpha value is -10.9. The molecule has 2 bridgehead atoms. The third-order valence-corrected chi connectivity index (χ3v) is 29.0. The number of rotatable bonds is 39. The van der Waals surface area contributed by atoms with Crippen LogP contribution in [0.1, 0.15) is 136 Å². The van der Waals surface area contributed by atoms with E-state index >= 15 is 4.79 Å². The number of carbonyl (C=O) groups is 9. The number of aromatic amines is 2. The first kappa shape index (κ1) is 103. The number of aliphatic hydroxyl groups is 11. The Morgan fingerprint density at radius 2 is 1.42 bits per heavy atom. The number of methoxy groups -OCH3 is 1. The van der Waals surface area contributed by atoms with Crippen LogP contribution in [0.25, 0.3) is 22.1 Å². The highest BCUT2D eigenvalue weighted by Crippen LogP contribution is 2.68. The van der Waals surface area contributed by atoms with Crippen molar-refractivity contribution >= 4 is 121 Å². The zero-order valence-electron chi connectivity index (χ0n) is 73.4. The number of benzene rings is 3. The van der Waals surface area contributed by atoms with Crippen molar-refractivity contribution in [2.45, 2.75) is 200 Å². The number of anilines is 2. The van der Waals surface area contributed by atoms with E-state index < -0.39 is 216 Å². The van der Waals surface area contributed by atoms with Crippen molar-refractivity contribution < 1.29 is 138 Å². The molecule has 6 aliphatic rings. The SMILES string of the molecule is CC[C@]1(O)C[C@H]2CN(CCc3c([nH]c4ccccc34)[C@@](C)(c3cc4c(cc3OC)N(C)[C@H]3[C@@](O)(C(=O)NNC(=O)OCCSSC[C@H](CC(=O)[C@@H](NC(=O)[C@H](C)CC(=O)[C@@H](NC(=O)CC[C@H](CC(=O)c5ccc(CCc6cnc7nc(N)[nH]c(=O)c7n6)cc5)C(=O)O)[C@@H](O)[C@H](O)[C@H](O)CO)[C@@H](O)[C@H](O)[C@H](O)CO)C(=O)O)[C@H](O)[C@]5(CC)C=CCN6CC[C@]43[C@@H]65)C2)C1.O=C=O.O=C=O. The van der Waals surface area contributed by atoms with Crippen LogP contribution in [-0.2, 0) is 87.6 Å². The fraction of sp³-hybridized carbons (Fsp3) is 0.557. The standard InChI is InChI=1S/C86H113N13O25S2.2CO2/c1-7-83(121)36-45-35-82(4,70-51(22-26-98(38-45)42-83)50-12-9-10-13-54(50)90-70)53-33-52-55(34-61(53)123-6)97(5)77-85(52)24-27-99-25-11-23-84(8-2,76(85)99)78(118)86(77,122)79(119)95-96-81(120)124-28-29-125-126-41-48(75(116)117)32-58(104)64(69(111)67(109)60(106)40-101)92-72(112)43(3)30-57(103)63(68(110)66(108)59(105)39-100)91-62(107)21-19-47(74(114)115)31-56(102)46-17-14-44(15-18-46)16-20-49-37-88-71-65(89-49)73(113)94-80(87)93-71;2*2-1-3/h9-15,17-18,23,33-34,37,43,45,47-48,59-60,63-64,66-69,76-78,90,100-101,105-106,108-111,118,121-122H,7-8,16,19-22,24-32,35-36,38-42H2,1-6H3,(H,91,107)(H,92,112)(H,95,119)(H,96,120)(H,114,115)(H,116,117)(H3,87,88,93,94,113);;/t43-,45+,47-,48+,59-,60-,63-,64-,66-,67-,68-,69-,76+,77-,78-,82-,83+,84-,85-,86+;;/m1../s1. The van der Waals surface area contributed by atoms with Crippen molar-refractivity contribution in [2.24, 2.45) is 29.1 Å². The fourth-order valence-electron chi connectivity index (χ4n) is 20.1. The quantitative estimate of drug-likeness (QED) is 0.00693. The molecule has 21 N–H and O–H groups in total. The van der Waals surface area contributed by atoms with Gasteiger partial charge in [-0.1, -0.05) is 97.0 Å². The predicted octanol–water partition coefficient (Wildman–Crippen LogP) is -1.41. The second kappa shape index (κ2) is 44.3. The van der Waals surface area contributed by atoms with Crippen LogP contribution in [0.15, 0.2) is 83.8 Å². The number of ketones is 3. The third kappa shape index (κ3) is 21.8. The first-order valence-electron chi connectivity index (χ1n) is 43.0. The van der Waals surface area contributed by atoms with E-state index in [9.17, 15) is 110 Å². The molecule has 4 amide bonds. The van der Waals surface area contributed by atoms with Gasteiger partial charge in [-0.25, -0.2) is 20.2 Å². The molecule has 3 fully saturated rings. The lowest BCUT2D eigenvalue weighted by Crippen LogP contribution is -2.82. The highest BCUT2D eigenvalue weighted by molar-refractivity contribution is 8.76. The fourth-order valence-corrected chi connectivity index (χ4v) is 22.2. The number of aryl methyl sites for hydroxylation is 2. The van der Waals surface area contributed by atoms with Gasteiger partial charge in [0.25, 0.3) is 11.5 Å². The van der Waals surface area contributed by atoms with Crippen LogP contribution >= 0.6 is 21.6 Å². The minimum Gasteiger partial charge on any atom is -0.496 e. The number of carbonyl (C=O) groups excluding carboxylic acids is 11. The van der Waals surface area contributed by atoms with Crippen LogP contribution in [0.5, 0.6) is 5.75 Å². The van der Waals surface area contributed by atoms with Crippen LogP contribution in [0, 0.1) is 29.1 Å². The normalized spacial score (nSPS) is 25.2. The number of amides is 4. The van der Waals surface area contributed by atoms with Gasteiger partial charge >= 0.3 is 30.3 Å². The summed E-state index contributed by atoms with van der Waals surface area (Å²) in [7, 11) is 5.26. The molecule has 5 aliphatic heterocycles. The molecule has 42 nitrogen and oxygen atoms in total. The van der Waals surface area contributed by atoms with Crippen LogP contribution in [0.3, 0.4) is 0 Å². The number of nitrogens with one attached hydrogen (secondary N) is 6. The number of ether oxygens (including phenoxy) is 2. The Bertz CT molecular complexity index is 5360. The molecule has 44 heteroatoms. The van der Waals surface area contributed by atoms with Crippen molar-refractivity contribution in [2.75, 3.05) is 88.8 Å². The maximum atomic E-state index is 15.3. The number of nitrogens with two attached hydrogens (primary N) is 1. The maximum Gasteiger partial charge on any atom is 0.426 e. The lowest BCUT2D eigenvalue weighted by Gasteiger charge is -2.63. The first-order valence-corrected chi connectivity index (χ1v) is 45.5. The number of nitrogens with zero attached hydrogens (tertiary/aromatic N) is 6. The van der Waals surface area contributed by atoms with E-state index in [1.807, 2.05) is 49.1 Å². The maximum absolute atomic E-state index is 15.3. The zero-order valence-corrected chi connectivity index (χ0v) is 75.0. The van der Waals surface area contributed by atoms with Crippen LogP contribution < -0.4 is 42.4 Å². The van der Waals surface area contributed by atoms with Gasteiger partial charge in [0.15, 0.2) is 34.1 Å². The number of aliphatic hydroxyl groups excluding tert-OH is 9. The summed E-state index contributed by atoms with van der Waals surface area (Å²) < 4.78 is 11.9. The molecule has 2 saturated heterocycles. The summed E-state index contributed by atoms with van der Waals surface area (Å²) in [5.41, 5.74) is 10.1. The molecule has 132 heavy (non-hydrogen) atoms. The summed E-state index contributed by atoms with van der Waals surface area (Å²) in [5, 5.41) is 149. The number of fused-ring (bicyclic) bond motifs is 7. The number of para-hydroxylation sites is 1. The number of nitrogen functional groups attached to an aromatic ring is 1. The molecule has 3 aromatic heterocycles. The molecule has 0 radical (unpaired) electrons. The van der Waals surface area contributed by atoms with Gasteiger partial charge in [0, 0.05) is 138 Å². The topological polar surface area (TPSA) is 675 Å². The Morgan fingerprint density at radius 3 is 2.05 bits per heavy atom. The van der Waals surface area contributed by atoms with Gasteiger partial charge in [-0.05, 0) is 106 Å². The van der Waals surface area contributed by atoms with E-state index in [0.717, 1.165) is 74.9 Å². The highest BCUT2D eigenvalue weighted by atomic mass is 33.1. The van der Waals surface area contributed by atoms with Crippen molar-refractivity contribution in [3.8, 4) is 5.75 Å². The van der Waals surface area contributed by atoms with E-state index in [0.29, 0.717) is 88.1 Å². The van der Waals surface area contributed by atoms with Gasteiger partial charge in [-0.3, -0.25) is 63.4 Å². The lowest BCUT2D eigenvalue weighted by atomic mass is 9.47. The molecule has 3 aromatic carbocycles. The number of carboxylic acid groups (broad SMARTS) is 2. The van der Waals surface area contributed by atoms with Gasteiger partial charge in [0.05, 0.1) is 55.7 Å². The zero-order chi connectivity index (χ0) is 96.8. The second-order valence-corrected chi connectivity index (χ2v) is 37.3. The number of aromatic nitrogens is 5. The Kier molecular flexibility index (Phi) is 34.7. The van der Waals surface area contributed by atoms with Crippen LogP contribution in [-0.4, -0.2) is 323 Å². The third-order valence-electron chi connectivity index (χ3n) is 26.6. The van der Waals surface area contributed by atoms with Crippen LogP contribution in [0.4, 0.5) is 16.4 Å². The average Bonchev–Trinajstić information content (AvgIpc) is 1.47. The highest BCUT2D eigenvalue weighted by Gasteiger charge is 2.79. The van der Waals surface area contributed by atoms with Gasteiger partial charge in [0.2, 0.25) is 17.8 Å². The molecular formula is C88H113N13O29S2. The number of piperidine rings is 1. The van der Waals surface area contributed by atoms with Crippen LogP contribution in [0.2, 0.25) is 0 Å². The van der Waals surface area contributed by atoms with Gasteiger partial charge in [-0.2, -0.15) is 24.2 Å². The monoisotopic (exact) mass is 1880 g/mol.